The van der Waals surface area contributed by atoms with Crippen LogP contribution in [0, 0.1) is 5.92 Å². The van der Waals surface area contributed by atoms with Gasteiger partial charge in [-0.3, -0.25) is 4.79 Å². The fraction of sp³-hybridized carbons (Fsp3) is 0.562. The molecule has 0 unspecified atom stereocenters. The van der Waals surface area contributed by atoms with Crippen LogP contribution in [-0.2, 0) is 16.1 Å². The third-order valence-electron chi connectivity index (χ3n) is 2.76. The predicted molar refractivity (Wildman–Crippen MR) is 83.6 cm³/mol. The van der Waals surface area contributed by atoms with Gasteiger partial charge in [-0.1, -0.05) is 69.8 Å². The lowest BCUT2D eigenvalue weighted by Crippen LogP contribution is -2.30. The first-order chi connectivity index (χ1) is 9.29. The van der Waals surface area contributed by atoms with Crippen molar-refractivity contribution < 1.29 is 14.6 Å². The Morgan fingerprint density at radius 2 is 1.90 bits per heavy atom. The van der Waals surface area contributed by atoms with Gasteiger partial charge in [0.2, 0.25) is 0 Å². The monoisotopic (exact) mass is 296 g/mol. The standard InChI is InChI=1S/C16H24O3S/c1-12(15(18)20-16(2,3)4)14(17)11-19-10-13-8-6-5-7-9-13/h5-9,12,14,17H,10-11H2,1-4H3/t12-,14+/m0/s1. The minimum Gasteiger partial charge on any atom is -0.390 e. The largest absolute Gasteiger partial charge is 0.390 e. The van der Waals surface area contributed by atoms with Gasteiger partial charge in [-0.05, 0) is 5.56 Å². The van der Waals surface area contributed by atoms with Gasteiger partial charge in [0.1, 0.15) is 0 Å². The molecule has 0 aliphatic carbocycles. The Bertz CT molecular complexity index is 411. The molecule has 112 valence electrons. The van der Waals surface area contributed by atoms with Crippen molar-refractivity contribution in [1.29, 1.82) is 0 Å². The highest BCUT2D eigenvalue weighted by Crippen LogP contribution is 2.28. The van der Waals surface area contributed by atoms with Crippen LogP contribution in [0.3, 0.4) is 0 Å². The van der Waals surface area contributed by atoms with Crippen molar-refractivity contribution in [3.63, 3.8) is 0 Å². The quantitative estimate of drug-likeness (QED) is 0.875. The second-order valence-electron chi connectivity index (χ2n) is 5.89. The fourth-order valence-corrected chi connectivity index (χ4v) is 2.51. The van der Waals surface area contributed by atoms with Crippen LogP contribution in [0.25, 0.3) is 0 Å². The zero-order valence-corrected chi connectivity index (χ0v) is 13.4. The summed E-state index contributed by atoms with van der Waals surface area (Å²) in [7, 11) is 0. The van der Waals surface area contributed by atoms with Crippen molar-refractivity contribution in [3.05, 3.63) is 35.9 Å². The summed E-state index contributed by atoms with van der Waals surface area (Å²) in [5.74, 6) is -0.421. The first-order valence-electron chi connectivity index (χ1n) is 6.82. The summed E-state index contributed by atoms with van der Waals surface area (Å²) in [6.07, 6.45) is -0.763. The first-order valence-corrected chi connectivity index (χ1v) is 7.64. The minimum atomic E-state index is -0.763. The Labute approximate surface area is 125 Å². The molecule has 1 N–H and O–H groups in total. The molecule has 3 nitrogen and oxygen atoms in total. The molecule has 1 aromatic carbocycles. The van der Waals surface area contributed by atoms with Gasteiger partial charge in [-0.15, -0.1) is 0 Å². The Morgan fingerprint density at radius 3 is 2.45 bits per heavy atom. The third-order valence-corrected chi connectivity index (χ3v) is 3.94. The van der Waals surface area contributed by atoms with Crippen molar-refractivity contribution >= 4 is 16.9 Å². The van der Waals surface area contributed by atoms with E-state index in [9.17, 15) is 9.90 Å². The molecule has 0 aliphatic heterocycles. The SMILES string of the molecule is C[C@H](C(=O)SC(C)(C)C)[C@H](O)COCc1ccccc1. The molecular formula is C16H24O3S. The average Bonchev–Trinajstić information content (AvgIpc) is 2.37. The molecule has 4 heteroatoms. The van der Waals surface area contributed by atoms with E-state index in [1.165, 1.54) is 11.8 Å². The van der Waals surface area contributed by atoms with Gasteiger partial charge in [0.15, 0.2) is 5.12 Å². The lowest BCUT2D eigenvalue weighted by atomic mass is 10.1. The summed E-state index contributed by atoms with van der Waals surface area (Å²) in [5, 5.41) is 10.0. The van der Waals surface area contributed by atoms with E-state index in [1.54, 1.807) is 6.92 Å². The van der Waals surface area contributed by atoms with Crippen molar-refractivity contribution in [2.24, 2.45) is 5.92 Å². The van der Waals surface area contributed by atoms with E-state index in [-0.39, 0.29) is 16.5 Å². The van der Waals surface area contributed by atoms with Crippen LogP contribution in [0.2, 0.25) is 0 Å². The van der Waals surface area contributed by atoms with Crippen LogP contribution in [0.15, 0.2) is 30.3 Å². The highest BCUT2D eigenvalue weighted by molar-refractivity contribution is 8.14. The van der Waals surface area contributed by atoms with Crippen LogP contribution in [0.1, 0.15) is 33.3 Å². The maximum absolute atomic E-state index is 12.0. The van der Waals surface area contributed by atoms with Gasteiger partial charge in [0.25, 0.3) is 0 Å². The van der Waals surface area contributed by atoms with Gasteiger partial charge < -0.3 is 9.84 Å². The van der Waals surface area contributed by atoms with Gasteiger partial charge >= 0.3 is 0 Å². The Morgan fingerprint density at radius 1 is 1.30 bits per heavy atom. The Kier molecular flexibility index (Phi) is 6.72. The minimum absolute atomic E-state index is 0.00770. The molecule has 1 rings (SSSR count). The number of hydrogen-bond donors (Lipinski definition) is 1. The van der Waals surface area contributed by atoms with Crippen LogP contribution in [0.5, 0.6) is 0 Å². The maximum Gasteiger partial charge on any atom is 0.194 e. The summed E-state index contributed by atoms with van der Waals surface area (Å²) >= 11 is 1.27. The summed E-state index contributed by atoms with van der Waals surface area (Å²) in [6.45, 7) is 8.33. The molecule has 0 fully saturated rings. The smallest absolute Gasteiger partial charge is 0.194 e. The molecule has 2 atom stereocenters. The second kappa shape index (κ2) is 7.81. The van der Waals surface area contributed by atoms with Crippen molar-refractivity contribution in [2.45, 2.75) is 45.2 Å². The lowest BCUT2D eigenvalue weighted by Gasteiger charge is -2.22. The van der Waals surface area contributed by atoms with Gasteiger partial charge in [0.05, 0.1) is 25.2 Å². The van der Waals surface area contributed by atoms with Gasteiger partial charge in [-0.2, -0.15) is 0 Å². The summed E-state index contributed by atoms with van der Waals surface area (Å²) in [6, 6.07) is 9.78. The van der Waals surface area contributed by atoms with E-state index in [1.807, 2.05) is 51.1 Å². The second-order valence-corrected chi connectivity index (χ2v) is 7.72. The van der Waals surface area contributed by atoms with E-state index >= 15 is 0 Å². The number of carbonyl (C=O) groups excluding carboxylic acids is 1. The molecule has 0 bridgehead atoms. The topological polar surface area (TPSA) is 46.5 Å². The molecule has 0 heterocycles. The summed E-state index contributed by atoms with van der Waals surface area (Å²) < 4.78 is 5.34. The van der Waals surface area contributed by atoms with Gasteiger partial charge in [0, 0.05) is 4.75 Å². The molecule has 0 spiro atoms. The molecule has 0 saturated carbocycles. The Hall–Kier alpha value is -0.840. The van der Waals surface area contributed by atoms with Crippen molar-refractivity contribution in [1.82, 2.24) is 0 Å². The highest BCUT2D eigenvalue weighted by Gasteiger charge is 2.26. The zero-order chi connectivity index (χ0) is 15.2. The first kappa shape index (κ1) is 17.2. The van der Waals surface area contributed by atoms with E-state index in [0.29, 0.717) is 6.61 Å². The maximum atomic E-state index is 12.0. The zero-order valence-electron chi connectivity index (χ0n) is 12.6. The number of aliphatic hydroxyl groups excluding tert-OH is 1. The molecular weight excluding hydrogens is 272 g/mol. The Balaban J connectivity index is 2.35. The number of benzene rings is 1. The van der Waals surface area contributed by atoms with Crippen LogP contribution in [0.4, 0.5) is 0 Å². The van der Waals surface area contributed by atoms with E-state index < -0.39 is 12.0 Å². The molecule has 0 radical (unpaired) electrons. The number of carbonyl (C=O) groups is 1. The van der Waals surface area contributed by atoms with E-state index in [4.69, 9.17) is 4.74 Å². The predicted octanol–water partition coefficient (Wildman–Crippen LogP) is 3.26. The van der Waals surface area contributed by atoms with Gasteiger partial charge in [-0.25, -0.2) is 0 Å². The molecule has 0 saturated heterocycles. The molecule has 0 aromatic heterocycles. The molecule has 20 heavy (non-hydrogen) atoms. The number of hydrogen-bond acceptors (Lipinski definition) is 4. The summed E-state index contributed by atoms with van der Waals surface area (Å²) in [4.78, 5) is 12.0. The molecule has 0 amide bonds. The molecule has 0 aliphatic rings. The highest BCUT2D eigenvalue weighted by atomic mass is 32.2. The lowest BCUT2D eigenvalue weighted by molar-refractivity contribution is -0.118. The molecule has 1 aromatic rings. The number of rotatable bonds is 6. The van der Waals surface area contributed by atoms with Crippen LogP contribution in [-0.4, -0.2) is 27.7 Å². The number of aliphatic hydroxyl groups is 1. The summed E-state index contributed by atoms with van der Waals surface area (Å²) in [5.41, 5.74) is 1.06. The normalized spacial score (nSPS) is 14.8. The average molecular weight is 296 g/mol. The van der Waals surface area contributed by atoms with E-state index in [0.717, 1.165) is 5.56 Å². The number of thioether (sulfide) groups is 1. The van der Waals surface area contributed by atoms with Crippen LogP contribution >= 0.6 is 11.8 Å². The third kappa shape index (κ3) is 6.55. The van der Waals surface area contributed by atoms with Crippen LogP contribution < -0.4 is 0 Å². The fourth-order valence-electron chi connectivity index (χ4n) is 1.57. The van der Waals surface area contributed by atoms with Crippen molar-refractivity contribution in [2.75, 3.05) is 6.61 Å². The van der Waals surface area contributed by atoms with E-state index in [2.05, 4.69) is 0 Å². The van der Waals surface area contributed by atoms with Crippen molar-refractivity contribution in [3.8, 4) is 0 Å². The number of ether oxygens (including phenoxy) is 1.